The molecule has 0 aromatic heterocycles. The number of likely N-dealkylation sites (tertiary alicyclic amines) is 1. The van der Waals surface area contributed by atoms with Gasteiger partial charge in [0.25, 0.3) is 0 Å². The van der Waals surface area contributed by atoms with Crippen molar-refractivity contribution in [2.24, 2.45) is 0 Å². The lowest BCUT2D eigenvalue weighted by molar-refractivity contribution is -0.118. The number of carbonyl (C=O) groups is 3. The Balaban J connectivity index is 1.04. The van der Waals surface area contributed by atoms with E-state index in [1.54, 1.807) is 24.1 Å². The molecule has 0 radical (unpaired) electrons. The number of hydrogen-bond acceptors (Lipinski definition) is 8. The van der Waals surface area contributed by atoms with Crippen molar-refractivity contribution >= 4 is 35.5 Å². The molecule has 0 saturated carbocycles. The summed E-state index contributed by atoms with van der Waals surface area (Å²) in [5.74, 6) is -0.0456. The summed E-state index contributed by atoms with van der Waals surface area (Å²) in [5, 5.41) is 29.1. The molecule has 0 spiro atoms. The average molecular weight is 694 g/mol. The summed E-state index contributed by atoms with van der Waals surface area (Å²) in [6.45, 7) is 4.99. The summed E-state index contributed by atoms with van der Waals surface area (Å²) >= 11 is 0. The van der Waals surface area contributed by atoms with Gasteiger partial charge in [-0.3, -0.25) is 14.9 Å². The van der Waals surface area contributed by atoms with E-state index in [1.807, 2.05) is 72.8 Å². The van der Waals surface area contributed by atoms with E-state index in [-0.39, 0.29) is 30.0 Å². The molecule has 1 aliphatic heterocycles. The Morgan fingerprint density at radius 2 is 1.71 bits per heavy atom. The van der Waals surface area contributed by atoms with Crippen molar-refractivity contribution in [3.63, 3.8) is 0 Å². The predicted octanol–water partition coefficient (Wildman–Crippen LogP) is 6.08. The topological polar surface area (TPSA) is 143 Å². The Hall–Kier alpha value is -5.23. The fourth-order valence-corrected chi connectivity index (χ4v) is 6.29. The smallest absolute Gasteiger partial charge is 0.411 e. The van der Waals surface area contributed by atoms with Crippen molar-refractivity contribution in [3.8, 4) is 16.9 Å². The van der Waals surface area contributed by atoms with Crippen LogP contribution in [-0.4, -0.2) is 72.9 Å². The van der Waals surface area contributed by atoms with E-state index in [9.17, 15) is 24.6 Å². The van der Waals surface area contributed by atoms with Crippen LogP contribution in [0.25, 0.3) is 11.1 Å². The normalized spacial score (nSPS) is 14.0. The average Bonchev–Trinajstić information content (AvgIpc) is 3.15. The van der Waals surface area contributed by atoms with Crippen molar-refractivity contribution in [3.05, 3.63) is 108 Å². The quantitative estimate of drug-likeness (QED) is 0.0745. The number of hydrogen-bond donors (Lipinski definition) is 5. The third-order valence-electron chi connectivity index (χ3n) is 9.30. The lowest BCUT2D eigenvalue weighted by Crippen LogP contribution is -2.40. The van der Waals surface area contributed by atoms with Gasteiger partial charge in [0.2, 0.25) is 12.3 Å². The third-order valence-corrected chi connectivity index (χ3v) is 9.30. The molecule has 11 nitrogen and oxygen atoms in total. The van der Waals surface area contributed by atoms with Crippen LogP contribution in [0, 0.1) is 0 Å². The number of rotatable bonds is 15. The summed E-state index contributed by atoms with van der Waals surface area (Å²) in [4.78, 5) is 40.7. The highest BCUT2D eigenvalue weighted by Gasteiger charge is 2.24. The number of amides is 3. The highest BCUT2D eigenvalue weighted by atomic mass is 16.6. The van der Waals surface area contributed by atoms with Crippen LogP contribution in [0.5, 0.6) is 5.75 Å². The third kappa shape index (κ3) is 10.2. The van der Waals surface area contributed by atoms with Crippen LogP contribution in [0.15, 0.2) is 91.0 Å². The maximum atomic E-state index is 13.2. The molecule has 5 rings (SSSR count). The Kier molecular flexibility index (Phi) is 13.2. The number of piperidine rings is 1. The number of phenolic OH excluding ortho intramolecular Hbond substituents is 1. The molecule has 268 valence electrons. The molecule has 4 aromatic rings. The number of phenols is 1. The molecule has 1 atom stereocenters. The number of para-hydroxylation sites is 1. The summed E-state index contributed by atoms with van der Waals surface area (Å²) in [7, 11) is 1.80. The molecule has 0 aliphatic carbocycles. The molecule has 5 N–H and O–H groups in total. The fraction of sp³-hybridized carbons (Fsp3) is 0.325. The number of anilines is 3. The van der Waals surface area contributed by atoms with Crippen LogP contribution in [0.4, 0.5) is 21.9 Å². The first kappa shape index (κ1) is 37.0. The van der Waals surface area contributed by atoms with Gasteiger partial charge in [-0.05, 0) is 71.8 Å². The minimum absolute atomic E-state index is 0.0261. The van der Waals surface area contributed by atoms with E-state index in [0.29, 0.717) is 50.0 Å². The maximum Gasteiger partial charge on any atom is 0.411 e. The van der Waals surface area contributed by atoms with Crippen molar-refractivity contribution in [1.82, 2.24) is 10.2 Å². The molecule has 51 heavy (non-hydrogen) atoms. The summed E-state index contributed by atoms with van der Waals surface area (Å²) in [5.41, 5.74) is 6.46. The SMILES string of the molecule is CCc1cc(N(C)C(=O)CCN2CCC(OC(=O)Nc3ccccc3-c3ccccc3)CC2)ccc1CNCC(O)c1ccc(O)c(NC=O)c1. The van der Waals surface area contributed by atoms with Crippen LogP contribution >= 0.6 is 0 Å². The predicted molar refractivity (Wildman–Crippen MR) is 200 cm³/mol. The van der Waals surface area contributed by atoms with Crippen LogP contribution in [0.2, 0.25) is 0 Å². The number of aliphatic hydroxyl groups excluding tert-OH is 1. The summed E-state index contributed by atoms with van der Waals surface area (Å²) in [6, 6.07) is 28.2. The summed E-state index contributed by atoms with van der Waals surface area (Å²) in [6.07, 6.45) is 1.57. The molecule has 1 aliphatic rings. The minimum atomic E-state index is -0.836. The van der Waals surface area contributed by atoms with E-state index < -0.39 is 12.2 Å². The van der Waals surface area contributed by atoms with Gasteiger partial charge in [-0.15, -0.1) is 0 Å². The molecule has 4 aromatic carbocycles. The number of aliphatic hydroxyl groups is 1. The van der Waals surface area contributed by atoms with Crippen molar-refractivity contribution in [2.75, 3.05) is 48.8 Å². The molecular weight excluding hydrogens is 646 g/mol. The Morgan fingerprint density at radius 1 is 0.961 bits per heavy atom. The van der Waals surface area contributed by atoms with Gasteiger partial charge in [-0.1, -0.05) is 67.6 Å². The van der Waals surface area contributed by atoms with Gasteiger partial charge < -0.3 is 35.4 Å². The first-order valence-electron chi connectivity index (χ1n) is 17.4. The molecule has 1 unspecified atom stereocenters. The monoisotopic (exact) mass is 693 g/mol. The summed E-state index contributed by atoms with van der Waals surface area (Å²) < 4.78 is 5.77. The Labute approximate surface area is 299 Å². The number of aromatic hydroxyl groups is 1. The zero-order valence-corrected chi connectivity index (χ0v) is 29.2. The van der Waals surface area contributed by atoms with Crippen molar-refractivity contribution < 1.29 is 29.3 Å². The number of aryl methyl sites for hydroxylation is 1. The van der Waals surface area contributed by atoms with Gasteiger partial charge >= 0.3 is 6.09 Å². The highest BCUT2D eigenvalue weighted by molar-refractivity contribution is 5.93. The molecule has 1 heterocycles. The van der Waals surface area contributed by atoms with Gasteiger partial charge in [0.1, 0.15) is 11.9 Å². The highest BCUT2D eigenvalue weighted by Crippen LogP contribution is 2.29. The molecule has 11 heteroatoms. The molecule has 0 bridgehead atoms. The molecule has 1 saturated heterocycles. The lowest BCUT2D eigenvalue weighted by atomic mass is 10.0. The lowest BCUT2D eigenvalue weighted by Gasteiger charge is -2.31. The molecule has 3 amide bonds. The second-order valence-electron chi connectivity index (χ2n) is 12.7. The van der Waals surface area contributed by atoms with Gasteiger partial charge in [-0.2, -0.15) is 0 Å². The van der Waals surface area contributed by atoms with Gasteiger partial charge in [0.15, 0.2) is 0 Å². The van der Waals surface area contributed by atoms with Crippen LogP contribution in [-0.2, 0) is 27.3 Å². The number of nitrogens with one attached hydrogen (secondary N) is 3. The molecular formula is C40H47N5O6. The standard InChI is InChI=1S/C40H47N5O6/c1-3-28-23-32(15-13-31(28)25-41-26-38(48)30-14-16-37(47)36(24-30)42-27-46)44(2)39(49)19-22-45-20-17-33(18-21-45)51-40(50)43-35-12-8-7-11-34(35)29-9-5-4-6-10-29/h4-16,23-24,27,33,38,41,47-48H,3,17-22,25-26H2,1-2H3,(H,42,46)(H,43,50). The van der Waals surface area contributed by atoms with Crippen LogP contribution in [0.1, 0.15) is 49.0 Å². The second-order valence-corrected chi connectivity index (χ2v) is 12.7. The van der Waals surface area contributed by atoms with E-state index >= 15 is 0 Å². The van der Waals surface area contributed by atoms with Gasteiger partial charge in [-0.25, -0.2) is 4.79 Å². The number of carbonyl (C=O) groups excluding carboxylic acids is 3. The van der Waals surface area contributed by atoms with Gasteiger partial charge in [0, 0.05) is 57.4 Å². The number of nitrogens with zero attached hydrogens (tertiary/aromatic N) is 2. The first-order valence-corrected chi connectivity index (χ1v) is 17.4. The molecule has 1 fully saturated rings. The van der Waals surface area contributed by atoms with Gasteiger partial charge in [0.05, 0.1) is 17.5 Å². The maximum absolute atomic E-state index is 13.2. The second kappa shape index (κ2) is 18.1. The number of ether oxygens (including phenoxy) is 1. The Bertz CT molecular complexity index is 1780. The van der Waals surface area contributed by atoms with Crippen LogP contribution in [0.3, 0.4) is 0 Å². The first-order chi connectivity index (χ1) is 24.7. The number of benzene rings is 4. The van der Waals surface area contributed by atoms with E-state index in [2.05, 4.69) is 27.8 Å². The van der Waals surface area contributed by atoms with Crippen LogP contribution < -0.4 is 20.9 Å². The zero-order chi connectivity index (χ0) is 36.2. The van der Waals surface area contributed by atoms with Crippen molar-refractivity contribution in [2.45, 2.75) is 51.4 Å². The zero-order valence-electron chi connectivity index (χ0n) is 29.2. The minimum Gasteiger partial charge on any atom is -0.506 e. The van der Waals surface area contributed by atoms with Crippen molar-refractivity contribution in [1.29, 1.82) is 0 Å². The van der Waals surface area contributed by atoms with E-state index in [0.717, 1.165) is 47.5 Å². The Morgan fingerprint density at radius 3 is 2.45 bits per heavy atom. The van der Waals surface area contributed by atoms with E-state index in [4.69, 9.17) is 4.74 Å². The van der Waals surface area contributed by atoms with E-state index in [1.165, 1.54) is 6.07 Å². The largest absolute Gasteiger partial charge is 0.506 e. The fourth-order valence-electron chi connectivity index (χ4n) is 6.29.